The summed E-state index contributed by atoms with van der Waals surface area (Å²) in [6.45, 7) is 6.22. The van der Waals surface area contributed by atoms with Crippen LogP contribution in [-0.4, -0.2) is 0 Å². The lowest BCUT2D eigenvalue weighted by molar-refractivity contribution is 0.591. The molecule has 0 heterocycles. The van der Waals surface area contributed by atoms with Gasteiger partial charge in [0.05, 0.1) is 0 Å². The summed E-state index contributed by atoms with van der Waals surface area (Å²) >= 11 is 0. The van der Waals surface area contributed by atoms with Crippen molar-refractivity contribution in [2.24, 2.45) is 11.8 Å². The van der Waals surface area contributed by atoms with E-state index in [4.69, 9.17) is 0 Å². The van der Waals surface area contributed by atoms with Crippen molar-refractivity contribution in [3.63, 3.8) is 0 Å². The lowest BCUT2D eigenvalue weighted by Gasteiger charge is -2.13. The molecule has 0 saturated heterocycles. The van der Waals surface area contributed by atoms with Crippen LogP contribution < -0.4 is 0 Å². The highest BCUT2D eigenvalue weighted by atomic mass is 14.3. The molecular weight excluding hydrogens is 144 g/mol. The molecule has 2 aliphatic carbocycles. The number of hydrogen-bond acceptors (Lipinski definition) is 0. The largest absolute Gasteiger partial charge is 0.0802 e. The molecule has 0 bridgehead atoms. The molecule has 0 aromatic carbocycles. The van der Waals surface area contributed by atoms with Gasteiger partial charge in [0.2, 0.25) is 0 Å². The zero-order chi connectivity index (χ0) is 8.97. The van der Waals surface area contributed by atoms with Crippen LogP contribution in [0.25, 0.3) is 0 Å². The van der Waals surface area contributed by atoms with E-state index in [-0.39, 0.29) is 0 Å². The lowest BCUT2D eigenvalue weighted by atomic mass is 9.91. The van der Waals surface area contributed by atoms with Gasteiger partial charge in [-0.15, -0.1) is 0 Å². The highest BCUT2D eigenvalue weighted by Crippen LogP contribution is 2.33. The van der Waals surface area contributed by atoms with Crippen molar-refractivity contribution in [2.75, 3.05) is 0 Å². The fraction of sp³-hybridized carbons (Fsp3) is 0.500. The molecule has 0 aliphatic heterocycles. The van der Waals surface area contributed by atoms with Crippen molar-refractivity contribution in [3.05, 3.63) is 36.0 Å². The summed E-state index contributed by atoms with van der Waals surface area (Å²) in [5.74, 6) is 1.50. The zero-order valence-corrected chi connectivity index (χ0v) is 8.25. The molecule has 0 aromatic heterocycles. The van der Waals surface area contributed by atoms with Crippen molar-refractivity contribution < 1.29 is 0 Å². The van der Waals surface area contributed by atoms with Gasteiger partial charge in [0.1, 0.15) is 0 Å². The molecule has 0 aromatic rings. The zero-order valence-electron chi connectivity index (χ0n) is 8.25. The van der Waals surface area contributed by atoms with Gasteiger partial charge in [-0.3, -0.25) is 0 Å². The van der Waals surface area contributed by atoms with Gasteiger partial charge in [-0.05, 0) is 19.3 Å². The quantitative estimate of drug-likeness (QED) is 0.476. The Hall–Kier alpha value is -0.780. The maximum absolute atomic E-state index is 2.38. The van der Waals surface area contributed by atoms with Crippen LogP contribution >= 0.6 is 0 Å². The molecule has 0 spiro atoms. The van der Waals surface area contributed by atoms with Crippen LogP contribution in [0.2, 0.25) is 0 Å². The second-order valence-corrected chi connectivity index (χ2v) is 3.23. The Balaban J connectivity index is 0.000000336. The van der Waals surface area contributed by atoms with Gasteiger partial charge >= 0.3 is 0 Å². The second-order valence-electron chi connectivity index (χ2n) is 3.23. The number of allylic oxidation sites excluding steroid dienone is 6. The fourth-order valence-corrected chi connectivity index (χ4v) is 1.82. The molecule has 0 N–H and O–H groups in total. The summed E-state index contributed by atoms with van der Waals surface area (Å²) in [6, 6.07) is 0. The topological polar surface area (TPSA) is 0 Å². The number of rotatable bonds is 0. The average Bonchev–Trinajstić information content (AvgIpc) is 2.48. The molecule has 2 unspecified atom stereocenters. The van der Waals surface area contributed by atoms with E-state index in [1.54, 1.807) is 5.57 Å². The molecular formula is C12H18. The van der Waals surface area contributed by atoms with E-state index in [1.807, 2.05) is 13.8 Å². The molecule has 66 valence electrons. The standard InChI is InChI=1S/C10H12.C2H6/c1-8-6-9-4-2-3-5-10(9)7-8;1-2/h2-6,9-10H,7H2,1H3;1-2H3. The minimum absolute atomic E-state index is 0.713. The van der Waals surface area contributed by atoms with Crippen LogP contribution in [0.1, 0.15) is 27.2 Å². The molecule has 0 amide bonds. The highest BCUT2D eigenvalue weighted by molar-refractivity contribution is 5.26. The third-order valence-corrected chi connectivity index (χ3v) is 2.33. The smallest absolute Gasteiger partial charge is 0.00183 e. The maximum atomic E-state index is 2.38. The SMILES string of the molecule is CC.CC1=CC2C=CC=CC2C1. The lowest BCUT2D eigenvalue weighted by Crippen LogP contribution is -2.03. The van der Waals surface area contributed by atoms with Crippen LogP contribution in [0, 0.1) is 11.8 Å². The fourth-order valence-electron chi connectivity index (χ4n) is 1.82. The molecule has 0 radical (unpaired) electrons. The molecule has 2 atom stereocenters. The Bertz CT molecular complexity index is 218. The Morgan fingerprint density at radius 3 is 2.50 bits per heavy atom. The summed E-state index contributed by atoms with van der Waals surface area (Å²) in [7, 11) is 0. The van der Waals surface area contributed by atoms with E-state index >= 15 is 0 Å². The van der Waals surface area contributed by atoms with Crippen LogP contribution in [0.4, 0.5) is 0 Å². The minimum Gasteiger partial charge on any atom is -0.0802 e. The molecule has 0 saturated carbocycles. The molecule has 2 rings (SSSR count). The van der Waals surface area contributed by atoms with Crippen molar-refractivity contribution in [1.82, 2.24) is 0 Å². The first-order valence-corrected chi connectivity index (χ1v) is 4.88. The first-order chi connectivity index (χ1) is 5.86. The Labute approximate surface area is 75.7 Å². The predicted molar refractivity (Wildman–Crippen MR) is 55.0 cm³/mol. The van der Waals surface area contributed by atoms with Crippen molar-refractivity contribution in [2.45, 2.75) is 27.2 Å². The van der Waals surface area contributed by atoms with Gasteiger partial charge in [0.25, 0.3) is 0 Å². The number of fused-ring (bicyclic) bond motifs is 1. The highest BCUT2D eigenvalue weighted by Gasteiger charge is 2.21. The van der Waals surface area contributed by atoms with Gasteiger partial charge in [-0.25, -0.2) is 0 Å². The Morgan fingerprint density at radius 2 is 1.83 bits per heavy atom. The van der Waals surface area contributed by atoms with Gasteiger partial charge in [0, 0.05) is 5.92 Å². The van der Waals surface area contributed by atoms with E-state index in [2.05, 4.69) is 37.3 Å². The van der Waals surface area contributed by atoms with Crippen LogP contribution in [0.15, 0.2) is 36.0 Å². The summed E-state index contributed by atoms with van der Waals surface area (Å²) in [4.78, 5) is 0. The Morgan fingerprint density at radius 1 is 1.17 bits per heavy atom. The first-order valence-electron chi connectivity index (χ1n) is 4.88. The summed E-state index contributed by atoms with van der Waals surface area (Å²) in [5, 5.41) is 0. The molecule has 0 fully saturated rings. The van der Waals surface area contributed by atoms with Crippen molar-refractivity contribution in [3.8, 4) is 0 Å². The van der Waals surface area contributed by atoms with Crippen molar-refractivity contribution in [1.29, 1.82) is 0 Å². The maximum Gasteiger partial charge on any atom is 0.00183 e. The van der Waals surface area contributed by atoms with E-state index in [0.29, 0.717) is 5.92 Å². The van der Waals surface area contributed by atoms with Gasteiger partial charge < -0.3 is 0 Å². The van der Waals surface area contributed by atoms with E-state index < -0.39 is 0 Å². The number of hydrogen-bond donors (Lipinski definition) is 0. The average molecular weight is 162 g/mol. The normalized spacial score (nSPS) is 30.4. The summed E-state index contributed by atoms with van der Waals surface area (Å²) < 4.78 is 0. The third kappa shape index (κ3) is 1.88. The monoisotopic (exact) mass is 162 g/mol. The first kappa shape index (κ1) is 9.31. The van der Waals surface area contributed by atoms with E-state index in [0.717, 1.165) is 5.92 Å². The van der Waals surface area contributed by atoms with Crippen molar-refractivity contribution >= 4 is 0 Å². The van der Waals surface area contributed by atoms with E-state index in [1.165, 1.54) is 6.42 Å². The summed E-state index contributed by atoms with van der Waals surface area (Å²) in [6.07, 6.45) is 12.6. The second kappa shape index (κ2) is 4.30. The van der Waals surface area contributed by atoms with Crippen LogP contribution in [0.5, 0.6) is 0 Å². The van der Waals surface area contributed by atoms with Gasteiger partial charge in [-0.1, -0.05) is 49.8 Å². The molecule has 0 heteroatoms. The molecule has 0 nitrogen and oxygen atoms in total. The molecule has 2 aliphatic rings. The van der Waals surface area contributed by atoms with Crippen LogP contribution in [-0.2, 0) is 0 Å². The van der Waals surface area contributed by atoms with Gasteiger partial charge in [-0.2, -0.15) is 0 Å². The van der Waals surface area contributed by atoms with E-state index in [9.17, 15) is 0 Å². The van der Waals surface area contributed by atoms with Crippen LogP contribution in [0.3, 0.4) is 0 Å². The predicted octanol–water partition coefficient (Wildman–Crippen LogP) is 3.72. The Kier molecular flexibility index (Phi) is 3.33. The third-order valence-electron chi connectivity index (χ3n) is 2.33. The molecule has 12 heavy (non-hydrogen) atoms. The minimum atomic E-state index is 0.713. The van der Waals surface area contributed by atoms with Gasteiger partial charge in [0.15, 0.2) is 0 Å². The summed E-state index contributed by atoms with van der Waals surface area (Å²) in [5.41, 5.74) is 1.55.